The molecule has 0 amide bonds. The van der Waals surface area contributed by atoms with Crippen molar-refractivity contribution in [1.29, 1.82) is 0 Å². The molecular weight excluding hydrogens is 172 g/mol. The van der Waals surface area contributed by atoms with Crippen LogP contribution >= 0.6 is 0 Å². The van der Waals surface area contributed by atoms with Crippen molar-refractivity contribution in [1.82, 2.24) is 0 Å². The predicted octanol–water partition coefficient (Wildman–Crippen LogP) is 1.44. The Hall–Kier alpha value is -1.06. The second-order valence-electron chi connectivity index (χ2n) is 3.15. The Balaban J connectivity index is 3.81. The van der Waals surface area contributed by atoms with Crippen molar-refractivity contribution in [3.63, 3.8) is 0 Å². The normalized spacial score (nSPS) is 14.7. The summed E-state index contributed by atoms with van der Waals surface area (Å²) in [5, 5.41) is 8.51. The molecule has 13 heavy (non-hydrogen) atoms. The summed E-state index contributed by atoms with van der Waals surface area (Å²) < 4.78 is 4.92. The maximum absolute atomic E-state index is 11.0. The molecule has 0 spiro atoms. The summed E-state index contributed by atoms with van der Waals surface area (Å²) in [6.07, 6.45) is 0.556. The molecule has 0 radical (unpaired) electrons. The lowest BCUT2D eigenvalue weighted by atomic mass is 10.1. The van der Waals surface area contributed by atoms with E-state index in [0.717, 1.165) is 6.42 Å². The van der Waals surface area contributed by atoms with Gasteiger partial charge in [-0.2, -0.15) is 0 Å². The Labute approximate surface area is 77.9 Å². The van der Waals surface area contributed by atoms with E-state index in [1.807, 2.05) is 6.92 Å². The van der Waals surface area contributed by atoms with E-state index < -0.39 is 17.9 Å². The van der Waals surface area contributed by atoms with Gasteiger partial charge in [0.1, 0.15) is 0 Å². The number of esters is 1. The van der Waals surface area contributed by atoms with Crippen molar-refractivity contribution >= 4 is 11.9 Å². The smallest absolute Gasteiger partial charge is 0.306 e. The lowest BCUT2D eigenvalue weighted by Gasteiger charge is -2.11. The Kier molecular flexibility index (Phi) is 5.11. The van der Waals surface area contributed by atoms with Gasteiger partial charge in [-0.05, 0) is 13.3 Å². The third-order valence-electron chi connectivity index (χ3n) is 1.80. The Morgan fingerprint density at radius 2 is 1.92 bits per heavy atom. The topological polar surface area (TPSA) is 63.6 Å². The number of carboxylic acid groups (broad SMARTS) is 1. The Morgan fingerprint density at radius 1 is 1.38 bits per heavy atom. The molecule has 0 aromatic carbocycles. The number of carboxylic acids is 1. The highest BCUT2D eigenvalue weighted by atomic mass is 16.5. The van der Waals surface area contributed by atoms with Crippen LogP contribution in [0.15, 0.2) is 0 Å². The average molecular weight is 188 g/mol. The van der Waals surface area contributed by atoms with Gasteiger partial charge in [-0.25, -0.2) is 0 Å². The zero-order valence-electron chi connectivity index (χ0n) is 8.24. The standard InChI is InChI=1S/C9H16O4/c1-4-7(3)13-8(10)5-6(2)9(11)12/h6-7H,4-5H2,1-3H3,(H,11,12). The molecule has 0 aliphatic rings. The summed E-state index contributed by atoms with van der Waals surface area (Å²) in [6.45, 7) is 5.17. The molecule has 0 aromatic rings. The monoisotopic (exact) mass is 188 g/mol. The molecule has 0 saturated heterocycles. The van der Waals surface area contributed by atoms with Gasteiger partial charge in [-0.15, -0.1) is 0 Å². The maximum atomic E-state index is 11.0. The molecule has 0 aliphatic carbocycles. The molecule has 4 heteroatoms. The third kappa shape index (κ3) is 5.22. The first-order valence-electron chi connectivity index (χ1n) is 4.39. The summed E-state index contributed by atoms with van der Waals surface area (Å²) in [4.78, 5) is 21.4. The van der Waals surface area contributed by atoms with Gasteiger partial charge >= 0.3 is 11.9 Å². The molecule has 0 aromatic heterocycles. The largest absolute Gasteiger partial charge is 0.481 e. The molecule has 4 nitrogen and oxygen atoms in total. The molecule has 76 valence electrons. The van der Waals surface area contributed by atoms with E-state index in [1.54, 1.807) is 6.92 Å². The molecule has 0 heterocycles. The van der Waals surface area contributed by atoms with Crippen molar-refractivity contribution in [2.45, 2.75) is 39.7 Å². The van der Waals surface area contributed by atoms with E-state index in [4.69, 9.17) is 9.84 Å². The fourth-order valence-electron chi connectivity index (χ4n) is 0.693. The van der Waals surface area contributed by atoms with Crippen molar-refractivity contribution in [3.05, 3.63) is 0 Å². The van der Waals surface area contributed by atoms with E-state index in [0.29, 0.717) is 0 Å². The molecule has 0 saturated carbocycles. The highest BCUT2D eigenvalue weighted by molar-refractivity contribution is 5.78. The predicted molar refractivity (Wildman–Crippen MR) is 47.3 cm³/mol. The molecular formula is C9H16O4. The van der Waals surface area contributed by atoms with Gasteiger partial charge in [0.25, 0.3) is 0 Å². The number of carbonyl (C=O) groups is 2. The van der Waals surface area contributed by atoms with Crippen LogP contribution in [-0.4, -0.2) is 23.1 Å². The van der Waals surface area contributed by atoms with Gasteiger partial charge in [0, 0.05) is 0 Å². The van der Waals surface area contributed by atoms with Crippen LogP contribution in [0.1, 0.15) is 33.6 Å². The van der Waals surface area contributed by atoms with Crippen LogP contribution in [0.25, 0.3) is 0 Å². The van der Waals surface area contributed by atoms with E-state index in [1.165, 1.54) is 6.92 Å². The Morgan fingerprint density at radius 3 is 2.31 bits per heavy atom. The molecule has 0 aliphatic heterocycles. The van der Waals surface area contributed by atoms with Crippen molar-refractivity contribution < 1.29 is 19.4 Å². The molecule has 2 unspecified atom stereocenters. The van der Waals surface area contributed by atoms with E-state index in [2.05, 4.69) is 0 Å². The van der Waals surface area contributed by atoms with Crippen molar-refractivity contribution in [2.75, 3.05) is 0 Å². The highest BCUT2D eigenvalue weighted by Crippen LogP contribution is 2.06. The Bertz CT molecular complexity index is 188. The first-order chi connectivity index (χ1) is 5.97. The van der Waals surface area contributed by atoms with E-state index in [-0.39, 0.29) is 12.5 Å². The SMILES string of the molecule is CCC(C)OC(=O)CC(C)C(=O)O. The minimum absolute atomic E-state index is 0.0559. The molecule has 0 fully saturated rings. The van der Waals surface area contributed by atoms with Gasteiger partial charge < -0.3 is 9.84 Å². The lowest BCUT2D eigenvalue weighted by Crippen LogP contribution is -2.19. The van der Waals surface area contributed by atoms with Crippen molar-refractivity contribution in [2.24, 2.45) is 5.92 Å². The zero-order chi connectivity index (χ0) is 10.4. The number of aliphatic carboxylic acids is 1. The van der Waals surface area contributed by atoms with Crippen LogP contribution in [0.2, 0.25) is 0 Å². The van der Waals surface area contributed by atoms with Gasteiger partial charge in [-0.3, -0.25) is 9.59 Å². The second-order valence-corrected chi connectivity index (χ2v) is 3.15. The number of ether oxygens (including phenoxy) is 1. The second kappa shape index (κ2) is 5.56. The van der Waals surface area contributed by atoms with Crippen LogP contribution in [0.3, 0.4) is 0 Å². The summed E-state index contributed by atoms with van der Waals surface area (Å²) >= 11 is 0. The molecule has 2 atom stereocenters. The quantitative estimate of drug-likeness (QED) is 0.663. The number of carbonyl (C=O) groups excluding carboxylic acids is 1. The first-order valence-corrected chi connectivity index (χ1v) is 4.39. The van der Waals surface area contributed by atoms with E-state index in [9.17, 15) is 9.59 Å². The lowest BCUT2D eigenvalue weighted by molar-refractivity contribution is -0.154. The van der Waals surface area contributed by atoms with E-state index >= 15 is 0 Å². The summed E-state index contributed by atoms with van der Waals surface area (Å²) in [5.41, 5.74) is 0. The fraction of sp³-hybridized carbons (Fsp3) is 0.778. The fourth-order valence-corrected chi connectivity index (χ4v) is 0.693. The summed E-state index contributed by atoms with van der Waals surface area (Å²) in [6, 6.07) is 0. The first kappa shape index (κ1) is 11.9. The summed E-state index contributed by atoms with van der Waals surface area (Å²) in [5.74, 6) is -2.08. The minimum atomic E-state index is -0.971. The van der Waals surface area contributed by atoms with Gasteiger partial charge in [0.05, 0.1) is 18.4 Å². The summed E-state index contributed by atoms with van der Waals surface area (Å²) in [7, 11) is 0. The van der Waals surface area contributed by atoms with Crippen LogP contribution < -0.4 is 0 Å². The maximum Gasteiger partial charge on any atom is 0.306 e. The molecule has 0 rings (SSSR count). The van der Waals surface area contributed by atoms with Gasteiger partial charge in [-0.1, -0.05) is 13.8 Å². The number of hydrogen-bond donors (Lipinski definition) is 1. The van der Waals surface area contributed by atoms with Crippen LogP contribution in [0.5, 0.6) is 0 Å². The minimum Gasteiger partial charge on any atom is -0.481 e. The van der Waals surface area contributed by atoms with Gasteiger partial charge in [0.15, 0.2) is 0 Å². The van der Waals surface area contributed by atoms with Crippen LogP contribution in [0, 0.1) is 5.92 Å². The number of rotatable bonds is 5. The van der Waals surface area contributed by atoms with Crippen molar-refractivity contribution in [3.8, 4) is 0 Å². The highest BCUT2D eigenvalue weighted by Gasteiger charge is 2.17. The third-order valence-corrected chi connectivity index (χ3v) is 1.80. The molecule has 0 bridgehead atoms. The molecule has 1 N–H and O–H groups in total. The number of hydrogen-bond acceptors (Lipinski definition) is 3. The zero-order valence-corrected chi connectivity index (χ0v) is 8.24. The van der Waals surface area contributed by atoms with Crippen LogP contribution in [-0.2, 0) is 14.3 Å². The average Bonchev–Trinajstić information content (AvgIpc) is 2.03. The van der Waals surface area contributed by atoms with Crippen LogP contribution in [0.4, 0.5) is 0 Å². The van der Waals surface area contributed by atoms with Gasteiger partial charge in [0.2, 0.25) is 0 Å².